The minimum atomic E-state index is -0.169. The van der Waals surface area contributed by atoms with Gasteiger partial charge in [-0.1, -0.05) is 30.3 Å². The quantitative estimate of drug-likeness (QED) is 0.545. The van der Waals surface area contributed by atoms with Gasteiger partial charge in [0.25, 0.3) is 5.56 Å². The number of aromatic amines is 1. The fourth-order valence-electron chi connectivity index (χ4n) is 2.79. The number of fused-ring (bicyclic) bond motifs is 3. The highest BCUT2D eigenvalue weighted by Crippen LogP contribution is 2.30. The molecule has 0 saturated heterocycles. The van der Waals surface area contributed by atoms with E-state index in [0.29, 0.717) is 5.52 Å². The zero-order valence-electron chi connectivity index (χ0n) is 12.0. The van der Waals surface area contributed by atoms with Gasteiger partial charge in [0.05, 0.1) is 11.4 Å². The van der Waals surface area contributed by atoms with Gasteiger partial charge in [-0.25, -0.2) is 4.98 Å². The number of hydrogen-bond acceptors (Lipinski definition) is 3. The SMILES string of the molecule is Cc1cc2c(nc(-c3ccccn3)c3ccccc32)c(=O)[nH]1. The largest absolute Gasteiger partial charge is 0.325 e. The summed E-state index contributed by atoms with van der Waals surface area (Å²) in [5.41, 5.74) is 2.61. The van der Waals surface area contributed by atoms with Crippen molar-refractivity contribution in [2.24, 2.45) is 0 Å². The van der Waals surface area contributed by atoms with Crippen LogP contribution in [0.5, 0.6) is 0 Å². The number of benzene rings is 1. The first-order valence-corrected chi connectivity index (χ1v) is 7.08. The van der Waals surface area contributed by atoms with E-state index in [1.165, 1.54) is 0 Å². The highest BCUT2D eigenvalue weighted by Gasteiger charge is 2.12. The molecule has 0 radical (unpaired) electrons. The Morgan fingerprint density at radius 3 is 2.50 bits per heavy atom. The molecular formula is C18H13N3O. The minimum Gasteiger partial charge on any atom is -0.325 e. The molecule has 0 aliphatic carbocycles. The Morgan fingerprint density at radius 2 is 1.73 bits per heavy atom. The molecule has 0 fully saturated rings. The maximum atomic E-state index is 12.3. The minimum absolute atomic E-state index is 0.169. The number of hydrogen-bond donors (Lipinski definition) is 1. The number of aryl methyl sites for hydroxylation is 1. The Kier molecular flexibility index (Phi) is 2.76. The number of nitrogens with one attached hydrogen (secondary N) is 1. The summed E-state index contributed by atoms with van der Waals surface area (Å²) in [7, 11) is 0. The molecular weight excluding hydrogens is 274 g/mol. The highest BCUT2D eigenvalue weighted by atomic mass is 16.1. The third-order valence-corrected chi connectivity index (χ3v) is 3.75. The Balaban J connectivity index is 2.24. The van der Waals surface area contributed by atoms with E-state index in [1.54, 1.807) is 6.20 Å². The normalized spacial score (nSPS) is 11.1. The molecule has 0 amide bonds. The molecule has 22 heavy (non-hydrogen) atoms. The first-order chi connectivity index (χ1) is 10.7. The van der Waals surface area contributed by atoms with Gasteiger partial charge in [0.2, 0.25) is 0 Å². The van der Waals surface area contributed by atoms with E-state index < -0.39 is 0 Å². The van der Waals surface area contributed by atoms with Gasteiger partial charge in [0.1, 0.15) is 5.52 Å². The Labute approximate surface area is 126 Å². The molecule has 0 unspecified atom stereocenters. The smallest absolute Gasteiger partial charge is 0.274 e. The molecule has 0 atom stereocenters. The molecule has 0 saturated carbocycles. The van der Waals surface area contributed by atoms with Gasteiger partial charge in [-0.3, -0.25) is 9.78 Å². The van der Waals surface area contributed by atoms with Crippen molar-refractivity contribution in [1.82, 2.24) is 15.0 Å². The van der Waals surface area contributed by atoms with Crippen molar-refractivity contribution in [3.63, 3.8) is 0 Å². The van der Waals surface area contributed by atoms with Crippen molar-refractivity contribution < 1.29 is 0 Å². The number of nitrogens with zero attached hydrogens (tertiary/aromatic N) is 2. The fourth-order valence-corrected chi connectivity index (χ4v) is 2.79. The molecule has 1 N–H and O–H groups in total. The van der Waals surface area contributed by atoms with Crippen LogP contribution in [0.25, 0.3) is 33.1 Å². The molecule has 4 aromatic rings. The van der Waals surface area contributed by atoms with Gasteiger partial charge in [-0.15, -0.1) is 0 Å². The number of rotatable bonds is 1. The average molecular weight is 287 g/mol. The molecule has 1 aromatic carbocycles. The lowest BCUT2D eigenvalue weighted by Gasteiger charge is -2.09. The van der Waals surface area contributed by atoms with Crippen molar-refractivity contribution in [1.29, 1.82) is 0 Å². The third kappa shape index (κ3) is 1.89. The predicted octanol–water partition coefficient (Wildman–Crippen LogP) is 3.45. The topological polar surface area (TPSA) is 58.6 Å². The van der Waals surface area contributed by atoms with Gasteiger partial charge in [0, 0.05) is 22.7 Å². The van der Waals surface area contributed by atoms with Crippen LogP contribution < -0.4 is 5.56 Å². The van der Waals surface area contributed by atoms with E-state index in [4.69, 9.17) is 0 Å². The number of aromatic nitrogens is 3. The first kappa shape index (κ1) is 12.7. The van der Waals surface area contributed by atoms with Crippen molar-refractivity contribution in [2.75, 3.05) is 0 Å². The summed E-state index contributed by atoms with van der Waals surface area (Å²) in [6.07, 6.45) is 1.73. The van der Waals surface area contributed by atoms with Crippen LogP contribution in [0.15, 0.2) is 59.5 Å². The second-order valence-electron chi connectivity index (χ2n) is 5.26. The van der Waals surface area contributed by atoms with Gasteiger partial charge < -0.3 is 4.98 Å². The zero-order valence-corrected chi connectivity index (χ0v) is 12.0. The van der Waals surface area contributed by atoms with E-state index in [2.05, 4.69) is 15.0 Å². The highest BCUT2D eigenvalue weighted by molar-refractivity contribution is 6.10. The summed E-state index contributed by atoms with van der Waals surface area (Å²) in [4.78, 5) is 24.1. The molecule has 0 spiro atoms. The van der Waals surface area contributed by atoms with Crippen LogP contribution in [-0.4, -0.2) is 15.0 Å². The third-order valence-electron chi connectivity index (χ3n) is 3.75. The summed E-state index contributed by atoms with van der Waals surface area (Å²) >= 11 is 0. The molecule has 4 heteroatoms. The molecule has 3 heterocycles. The average Bonchev–Trinajstić information content (AvgIpc) is 2.55. The summed E-state index contributed by atoms with van der Waals surface area (Å²) in [5.74, 6) is 0. The predicted molar refractivity (Wildman–Crippen MR) is 87.8 cm³/mol. The first-order valence-electron chi connectivity index (χ1n) is 7.08. The second kappa shape index (κ2) is 4.77. The van der Waals surface area contributed by atoms with Crippen LogP contribution in [-0.2, 0) is 0 Å². The fraction of sp³-hybridized carbons (Fsp3) is 0.0556. The van der Waals surface area contributed by atoms with Crippen LogP contribution in [0, 0.1) is 6.92 Å². The standard InChI is InChI=1S/C18H13N3O/c1-11-10-14-12-6-2-3-7-13(12)16(15-8-4-5-9-19-15)21-17(14)18(22)20-11/h2-10H,1H3,(H,20,22). The summed E-state index contributed by atoms with van der Waals surface area (Å²) in [5, 5.41) is 2.89. The van der Waals surface area contributed by atoms with Gasteiger partial charge >= 0.3 is 0 Å². The van der Waals surface area contributed by atoms with E-state index in [0.717, 1.165) is 33.2 Å². The summed E-state index contributed by atoms with van der Waals surface area (Å²) < 4.78 is 0. The van der Waals surface area contributed by atoms with Crippen LogP contribution in [0.2, 0.25) is 0 Å². The van der Waals surface area contributed by atoms with Crippen molar-refractivity contribution >= 4 is 21.7 Å². The van der Waals surface area contributed by atoms with Crippen molar-refractivity contribution in [2.45, 2.75) is 6.92 Å². The summed E-state index contributed by atoms with van der Waals surface area (Å²) in [6, 6.07) is 15.6. The van der Waals surface area contributed by atoms with E-state index >= 15 is 0 Å². The Morgan fingerprint density at radius 1 is 0.955 bits per heavy atom. The second-order valence-corrected chi connectivity index (χ2v) is 5.26. The van der Waals surface area contributed by atoms with Crippen molar-refractivity contribution in [3.8, 4) is 11.4 Å². The number of pyridine rings is 3. The summed E-state index contributed by atoms with van der Waals surface area (Å²) in [6.45, 7) is 1.88. The molecule has 0 aliphatic rings. The Hall–Kier alpha value is -3.01. The van der Waals surface area contributed by atoms with Gasteiger partial charge in [-0.2, -0.15) is 0 Å². The zero-order chi connectivity index (χ0) is 15.1. The Bertz CT molecular complexity index is 1050. The van der Waals surface area contributed by atoms with E-state index in [-0.39, 0.29) is 5.56 Å². The maximum absolute atomic E-state index is 12.3. The molecule has 106 valence electrons. The lowest BCUT2D eigenvalue weighted by molar-refractivity contribution is 1.15. The molecule has 0 bridgehead atoms. The molecule has 4 nitrogen and oxygen atoms in total. The number of H-pyrrole nitrogens is 1. The van der Waals surface area contributed by atoms with Gasteiger partial charge in [0.15, 0.2) is 0 Å². The van der Waals surface area contributed by atoms with Crippen LogP contribution >= 0.6 is 0 Å². The van der Waals surface area contributed by atoms with E-state index in [9.17, 15) is 4.79 Å². The molecule has 3 aromatic heterocycles. The van der Waals surface area contributed by atoms with E-state index in [1.807, 2.05) is 55.5 Å². The monoisotopic (exact) mass is 287 g/mol. The van der Waals surface area contributed by atoms with Crippen molar-refractivity contribution in [3.05, 3.63) is 70.8 Å². The van der Waals surface area contributed by atoms with Gasteiger partial charge in [-0.05, 0) is 30.5 Å². The lowest BCUT2D eigenvalue weighted by Crippen LogP contribution is -2.10. The van der Waals surface area contributed by atoms with Crippen LogP contribution in [0.1, 0.15) is 5.69 Å². The van der Waals surface area contributed by atoms with Crippen LogP contribution in [0.3, 0.4) is 0 Å². The molecule has 4 rings (SSSR count). The lowest BCUT2D eigenvalue weighted by atomic mass is 10.0. The maximum Gasteiger partial charge on any atom is 0.274 e. The van der Waals surface area contributed by atoms with Crippen LogP contribution in [0.4, 0.5) is 0 Å². The molecule has 0 aliphatic heterocycles.